The maximum atomic E-state index is 13.6. The Morgan fingerprint density at radius 3 is 2.50 bits per heavy atom. The number of H-pyrrole nitrogens is 1. The molecule has 1 atom stereocenters. The lowest BCUT2D eigenvalue weighted by Crippen LogP contribution is -2.53. The van der Waals surface area contributed by atoms with E-state index in [2.05, 4.69) is 10.2 Å². The van der Waals surface area contributed by atoms with Crippen molar-refractivity contribution in [3.05, 3.63) is 52.8 Å². The van der Waals surface area contributed by atoms with E-state index >= 15 is 0 Å². The van der Waals surface area contributed by atoms with Crippen LogP contribution in [0.2, 0.25) is 0 Å². The normalized spacial score (nSPS) is 22.8. The molecule has 0 saturated heterocycles. The van der Waals surface area contributed by atoms with Crippen molar-refractivity contribution in [1.82, 2.24) is 20.0 Å². The second-order valence-corrected chi connectivity index (χ2v) is 13.8. The summed E-state index contributed by atoms with van der Waals surface area (Å²) >= 11 is 0. The van der Waals surface area contributed by atoms with Crippen molar-refractivity contribution in [1.29, 1.82) is 0 Å². The number of aromatic nitrogens is 2. The van der Waals surface area contributed by atoms with Crippen molar-refractivity contribution in [3.8, 4) is 0 Å². The van der Waals surface area contributed by atoms with Gasteiger partial charge in [0.1, 0.15) is 5.60 Å². The second-order valence-electron chi connectivity index (χ2n) is 12.1. The summed E-state index contributed by atoms with van der Waals surface area (Å²) in [6.07, 6.45) is 2.13. The summed E-state index contributed by atoms with van der Waals surface area (Å²) in [5, 5.41) is 7.29. The zero-order valence-electron chi connectivity index (χ0n) is 24.1. The monoisotopic (exact) mass is 576 g/mol. The number of amides is 2. The third-order valence-electron chi connectivity index (χ3n) is 7.29. The van der Waals surface area contributed by atoms with Gasteiger partial charge in [0.05, 0.1) is 32.1 Å². The van der Waals surface area contributed by atoms with Gasteiger partial charge >= 0.3 is 6.09 Å². The van der Waals surface area contributed by atoms with E-state index in [9.17, 15) is 18.0 Å². The predicted molar refractivity (Wildman–Crippen MR) is 148 cm³/mol. The average Bonchev–Trinajstić information content (AvgIpc) is 3.24. The molecule has 1 N–H and O–H groups in total. The molecule has 12 heteroatoms. The number of nitrogens with one attached hydrogen (secondary N) is 1. The zero-order chi connectivity index (χ0) is 29.3. The standard InChI is InChI=1S/C28H40N4O7S/c1-19-12-23-22(15-32(19)26(34)39-27(2,3)4)24(30-29-23)25(33)31(5)17-28(18-38-40(6,35)36)13-21(14-28)37-16-20-10-8-7-9-11-20/h7-11,19,21H,12-18H2,1-6H3,(H,29,30)/t19-,21?,28?/m1/s1. The molecule has 2 aromatic rings. The number of benzene rings is 1. The van der Waals surface area contributed by atoms with E-state index in [-0.39, 0.29) is 43.4 Å². The molecule has 1 fully saturated rings. The summed E-state index contributed by atoms with van der Waals surface area (Å²) in [5.74, 6) is -0.316. The third kappa shape index (κ3) is 7.41. The molecule has 1 aliphatic carbocycles. The number of aromatic amines is 1. The molecule has 0 unspecified atom stereocenters. The Bertz CT molecular complexity index is 1310. The van der Waals surface area contributed by atoms with Crippen molar-refractivity contribution in [2.24, 2.45) is 5.41 Å². The molecular weight excluding hydrogens is 536 g/mol. The Kier molecular flexibility index (Phi) is 8.63. The fraction of sp³-hybridized carbons (Fsp3) is 0.607. The van der Waals surface area contributed by atoms with Crippen molar-refractivity contribution < 1.29 is 31.7 Å². The highest BCUT2D eigenvalue weighted by Gasteiger charge is 2.47. The molecule has 2 aliphatic rings. The molecule has 220 valence electrons. The van der Waals surface area contributed by atoms with Crippen LogP contribution in [-0.2, 0) is 43.3 Å². The van der Waals surface area contributed by atoms with Gasteiger partial charge in [0.25, 0.3) is 16.0 Å². The highest BCUT2D eigenvalue weighted by Crippen LogP contribution is 2.44. The topological polar surface area (TPSA) is 131 Å². The molecule has 0 bridgehead atoms. The largest absolute Gasteiger partial charge is 0.444 e. The molecule has 40 heavy (non-hydrogen) atoms. The highest BCUT2D eigenvalue weighted by atomic mass is 32.2. The van der Waals surface area contributed by atoms with Gasteiger partial charge in [-0.2, -0.15) is 13.5 Å². The third-order valence-corrected chi connectivity index (χ3v) is 7.84. The number of fused-ring (bicyclic) bond motifs is 1. The minimum Gasteiger partial charge on any atom is -0.444 e. The summed E-state index contributed by atoms with van der Waals surface area (Å²) in [4.78, 5) is 29.6. The van der Waals surface area contributed by atoms with Gasteiger partial charge < -0.3 is 19.3 Å². The summed E-state index contributed by atoms with van der Waals surface area (Å²) in [5.41, 5.74) is 1.56. The highest BCUT2D eigenvalue weighted by molar-refractivity contribution is 7.85. The van der Waals surface area contributed by atoms with Crippen LogP contribution in [0.1, 0.15) is 67.8 Å². The first kappa shape index (κ1) is 30.0. The van der Waals surface area contributed by atoms with Crippen LogP contribution in [-0.4, -0.2) is 84.6 Å². The fourth-order valence-electron chi connectivity index (χ4n) is 5.31. The van der Waals surface area contributed by atoms with Gasteiger partial charge in [-0.15, -0.1) is 0 Å². The molecule has 1 saturated carbocycles. The van der Waals surface area contributed by atoms with Gasteiger partial charge in [0.15, 0.2) is 5.69 Å². The van der Waals surface area contributed by atoms with Crippen molar-refractivity contribution in [3.63, 3.8) is 0 Å². The lowest BCUT2D eigenvalue weighted by atomic mass is 9.67. The molecule has 2 amide bonds. The van der Waals surface area contributed by atoms with Gasteiger partial charge in [0, 0.05) is 42.7 Å². The van der Waals surface area contributed by atoms with E-state index in [0.717, 1.165) is 17.5 Å². The minimum atomic E-state index is -3.66. The lowest BCUT2D eigenvalue weighted by Gasteiger charge is -2.48. The first-order valence-corrected chi connectivity index (χ1v) is 15.3. The summed E-state index contributed by atoms with van der Waals surface area (Å²) in [6, 6.07) is 9.69. The molecule has 0 spiro atoms. The summed E-state index contributed by atoms with van der Waals surface area (Å²) in [7, 11) is -1.99. The number of ether oxygens (including phenoxy) is 2. The minimum absolute atomic E-state index is 0.0444. The quantitative estimate of drug-likeness (QED) is 0.449. The van der Waals surface area contributed by atoms with E-state index in [4.69, 9.17) is 13.7 Å². The number of carbonyl (C=O) groups excluding carboxylic acids is 2. The maximum Gasteiger partial charge on any atom is 0.410 e. The van der Waals surface area contributed by atoms with Crippen LogP contribution in [0.3, 0.4) is 0 Å². The number of nitrogens with zero attached hydrogens (tertiary/aromatic N) is 3. The number of rotatable bonds is 9. The summed E-state index contributed by atoms with van der Waals surface area (Å²) < 4.78 is 40.4. The van der Waals surface area contributed by atoms with Gasteiger partial charge in [-0.25, -0.2) is 4.79 Å². The fourth-order valence-corrected chi connectivity index (χ4v) is 5.77. The van der Waals surface area contributed by atoms with Crippen LogP contribution < -0.4 is 0 Å². The molecule has 11 nitrogen and oxygen atoms in total. The van der Waals surface area contributed by atoms with Crippen molar-refractivity contribution in [2.45, 2.75) is 77.9 Å². The Hall–Kier alpha value is -2.96. The Labute approximate surface area is 236 Å². The SMILES string of the molecule is C[C@@H]1Cc2[nH]nc(C(=O)N(C)CC3(COS(C)(=O)=O)CC(OCc4ccccc4)C3)c2CN1C(=O)OC(C)(C)C. The number of carbonyl (C=O) groups is 2. The van der Waals surface area contributed by atoms with Crippen LogP contribution >= 0.6 is 0 Å². The molecular formula is C28H40N4O7S. The van der Waals surface area contributed by atoms with E-state index < -0.39 is 27.2 Å². The van der Waals surface area contributed by atoms with Crippen molar-refractivity contribution in [2.75, 3.05) is 26.5 Å². The summed E-state index contributed by atoms with van der Waals surface area (Å²) in [6.45, 7) is 8.25. The van der Waals surface area contributed by atoms with Gasteiger partial charge in [-0.3, -0.25) is 14.1 Å². The molecule has 1 aromatic carbocycles. The number of hydrogen-bond donors (Lipinski definition) is 1. The van der Waals surface area contributed by atoms with Gasteiger partial charge in [-0.1, -0.05) is 30.3 Å². The molecule has 1 aliphatic heterocycles. The van der Waals surface area contributed by atoms with Crippen LogP contribution in [0, 0.1) is 5.41 Å². The van der Waals surface area contributed by atoms with Crippen LogP contribution in [0.5, 0.6) is 0 Å². The first-order valence-electron chi connectivity index (χ1n) is 13.5. The van der Waals surface area contributed by atoms with Crippen LogP contribution in [0.4, 0.5) is 4.79 Å². The van der Waals surface area contributed by atoms with Crippen LogP contribution in [0.15, 0.2) is 30.3 Å². The van der Waals surface area contributed by atoms with E-state index in [0.29, 0.717) is 31.4 Å². The van der Waals surface area contributed by atoms with Crippen LogP contribution in [0.25, 0.3) is 0 Å². The first-order chi connectivity index (χ1) is 18.6. The van der Waals surface area contributed by atoms with Gasteiger partial charge in [-0.05, 0) is 46.1 Å². The van der Waals surface area contributed by atoms with E-state index in [1.807, 2.05) is 58.0 Å². The molecule has 2 heterocycles. The maximum absolute atomic E-state index is 13.6. The number of hydrogen-bond acceptors (Lipinski definition) is 8. The predicted octanol–water partition coefficient (Wildman–Crippen LogP) is 3.51. The average molecular weight is 577 g/mol. The Balaban J connectivity index is 1.44. The van der Waals surface area contributed by atoms with Gasteiger partial charge in [0.2, 0.25) is 0 Å². The van der Waals surface area contributed by atoms with Crippen molar-refractivity contribution >= 4 is 22.1 Å². The van der Waals surface area contributed by atoms with E-state index in [1.165, 1.54) is 0 Å². The Morgan fingerprint density at radius 1 is 1.20 bits per heavy atom. The molecule has 4 rings (SSSR count). The lowest BCUT2D eigenvalue weighted by molar-refractivity contribution is -0.110. The smallest absolute Gasteiger partial charge is 0.410 e. The second kappa shape index (κ2) is 11.5. The molecule has 1 aromatic heterocycles. The zero-order valence-corrected chi connectivity index (χ0v) is 24.9. The molecule has 0 radical (unpaired) electrons. The Morgan fingerprint density at radius 2 is 1.88 bits per heavy atom. The van der Waals surface area contributed by atoms with E-state index in [1.54, 1.807) is 16.8 Å².